The lowest BCUT2D eigenvalue weighted by Crippen LogP contribution is -2.12. The van der Waals surface area contributed by atoms with E-state index in [0.29, 0.717) is 5.56 Å². The molecule has 5 nitrogen and oxygen atoms in total. The lowest BCUT2D eigenvalue weighted by Gasteiger charge is -2.13. The molecule has 19 heavy (non-hydrogen) atoms. The van der Waals surface area contributed by atoms with Crippen LogP contribution in [-0.4, -0.2) is 24.7 Å². The largest absolute Gasteiger partial charge is 0.494 e. The summed E-state index contributed by atoms with van der Waals surface area (Å²) in [5, 5.41) is 0. The Morgan fingerprint density at radius 3 is 2.68 bits per heavy atom. The second-order valence-electron chi connectivity index (χ2n) is 3.68. The minimum Gasteiger partial charge on any atom is -0.494 e. The molecule has 0 unspecified atom stereocenters. The van der Waals surface area contributed by atoms with E-state index in [1.807, 2.05) is 0 Å². The highest BCUT2D eigenvalue weighted by atomic mass is 19.3. The van der Waals surface area contributed by atoms with E-state index in [1.165, 1.54) is 13.2 Å². The predicted octanol–water partition coefficient (Wildman–Crippen LogP) is 1.59. The molecule has 0 spiro atoms. The van der Waals surface area contributed by atoms with Crippen molar-refractivity contribution in [3.05, 3.63) is 23.0 Å². The van der Waals surface area contributed by atoms with Gasteiger partial charge in [-0.15, -0.1) is 0 Å². The molecule has 1 heterocycles. The maximum Gasteiger partial charge on any atom is 0.311 e. The van der Waals surface area contributed by atoms with E-state index >= 15 is 0 Å². The molecular formula is C12H16F2N2O3. The topological polar surface area (TPSA) is 74.4 Å². The van der Waals surface area contributed by atoms with E-state index in [9.17, 15) is 13.6 Å². The average Bonchev–Trinajstić information content (AvgIpc) is 2.37. The number of ether oxygens (including phenoxy) is 2. The fourth-order valence-electron chi connectivity index (χ4n) is 1.65. The number of nitrogens with zero attached hydrogens (tertiary/aromatic N) is 1. The van der Waals surface area contributed by atoms with Crippen molar-refractivity contribution < 1.29 is 23.0 Å². The van der Waals surface area contributed by atoms with Gasteiger partial charge >= 0.3 is 5.97 Å². The first-order chi connectivity index (χ1) is 9.03. The number of esters is 1. The highest BCUT2D eigenvalue weighted by molar-refractivity contribution is 5.72. The first-order valence-corrected chi connectivity index (χ1v) is 5.73. The van der Waals surface area contributed by atoms with Gasteiger partial charge in [-0.3, -0.25) is 4.79 Å². The third-order valence-corrected chi connectivity index (χ3v) is 2.39. The lowest BCUT2D eigenvalue weighted by molar-refractivity contribution is -0.142. The van der Waals surface area contributed by atoms with Gasteiger partial charge in [-0.05, 0) is 13.0 Å². The minimum atomic E-state index is -2.80. The Hall–Kier alpha value is -1.76. The van der Waals surface area contributed by atoms with Gasteiger partial charge in [0.15, 0.2) is 5.75 Å². The van der Waals surface area contributed by atoms with Crippen LogP contribution in [0.25, 0.3) is 0 Å². The van der Waals surface area contributed by atoms with E-state index < -0.39 is 18.1 Å². The molecule has 106 valence electrons. The van der Waals surface area contributed by atoms with Crippen LogP contribution in [0.3, 0.4) is 0 Å². The van der Waals surface area contributed by atoms with Crippen LogP contribution in [0.15, 0.2) is 6.07 Å². The van der Waals surface area contributed by atoms with Gasteiger partial charge in [0.1, 0.15) is 5.69 Å². The van der Waals surface area contributed by atoms with Crippen molar-refractivity contribution in [2.45, 2.75) is 26.3 Å². The van der Waals surface area contributed by atoms with Gasteiger partial charge in [-0.25, -0.2) is 13.8 Å². The fraction of sp³-hybridized carbons (Fsp3) is 0.500. The smallest absolute Gasteiger partial charge is 0.311 e. The molecule has 0 aliphatic heterocycles. The lowest BCUT2D eigenvalue weighted by atomic mass is 10.1. The summed E-state index contributed by atoms with van der Waals surface area (Å²) in [7, 11) is 1.27. The summed E-state index contributed by atoms with van der Waals surface area (Å²) in [6.07, 6.45) is -2.98. The molecule has 1 rings (SSSR count). The van der Waals surface area contributed by atoms with Crippen LogP contribution < -0.4 is 10.5 Å². The van der Waals surface area contributed by atoms with Crippen molar-refractivity contribution in [3.63, 3.8) is 0 Å². The Bertz CT molecular complexity index is 453. The van der Waals surface area contributed by atoms with Gasteiger partial charge in [0, 0.05) is 12.1 Å². The van der Waals surface area contributed by atoms with Gasteiger partial charge in [-0.2, -0.15) is 0 Å². The van der Waals surface area contributed by atoms with Crippen molar-refractivity contribution in [2.24, 2.45) is 5.73 Å². The number of halogens is 2. The highest BCUT2D eigenvalue weighted by Gasteiger charge is 2.21. The molecular weight excluding hydrogens is 258 g/mol. The van der Waals surface area contributed by atoms with Crippen LogP contribution in [0.4, 0.5) is 8.78 Å². The zero-order valence-corrected chi connectivity index (χ0v) is 10.8. The van der Waals surface area contributed by atoms with Gasteiger partial charge in [0.05, 0.1) is 25.8 Å². The molecule has 1 aromatic heterocycles. The zero-order valence-electron chi connectivity index (χ0n) is 10.8. The van der Waals surface area contributed by atoms with Crippen LogP contribution in [0.2, 0.25) is 0 Å². The summed E-state index contributed by atoms with van der Waals surface area (Å²) in [6, 6.07) is 1.47. The molecule has 0 aliphatic rings. The molecule has 0 aliphatic carbocycles. The number of aromatic nitrogens is 1. The number of nitrogens with two attached hydrogens (primary N) is 1. The van der Waals surface area contributed by atoms with Gasteiger partial charge in [0.2, 0.25) is 0 Å². The van der Waals surface area contributed by atoms with E-state index in [0.717, 1.165) is 0 Å². The highest BCUT2D eigenvalue weighted by Crippen LogP contribution is 2.31. The number of rotatable bonds is 6. The summed E-state index contributed by atoms with van der Waals surface area (Å²) < 4.78 is 35.4. The molecule has 0 bridgehead atoms. The maximum absolute atomic E-state index is 12.9. The molecule has 0 atom stereocenters. The van der Waals surface area contributed by atoms with Crippen molar-refractivity contribution in [1.29, 1.82) is 0 Å². The molecule has 0 aromatic carbocycles. The van der Waals surface area contributed by atoms with E-state index in [1.54, 1.807) is 6.92 Å². The third-order valence-electron chi connectivity index (χ3n) is 2.39. The van der Waals surface area contributed by atoms with Crippen LogP contribution in [0.5, 0.6) is 5.75 Å². The van der Waals surface area contributed by atoms with Gasteiger partial charge in [-0.1, -0.05) is 0 Å². The molecule has 0 saturated carbocycles. The maximum atomic E-state index is 12.9. The quantitative estimate of drug-likeness (QED) is 0.797. The molecule has 0 amide bonds. The SMILES string of the molecule is CCOC(=O)Cc1cc(CN)c(OC)c(C(F)F)n1. The second kappa shape index (κ2) is 6.98. The van der Waals surface area contributed by atoms with E-state index in [2.05, 4.69) is 4.98 Å². The van der Waals surface area contributed by atoms with Crippen LogP contribution in [0, 0.1) is 0 Å². The Morgan fingerprint density at radius 1 is 1.53 bits per heavy atom. The molecule has 0 saturated heterocycles. The summed E-state index contributed by atoms with van der Waals surface area (Å²) >= 11 is 0. The van der Waals surface area contributed by atoms with Crippen LogP contribution >= 0.6 is 0 Å². The van der Waals surface area contributed by atoms with E-state index in [-0.39, 0.29) is 31.0 Å². The van der Waals surface area contributed by atoms with Crippen LogP contribution in [-0.2, 0) is 22.5 Å². The Balaban J connectivity index is 3.13. The average molecular weight is 274 g/mol. The molecule has 1 aromatic rings. The van der Waals surface area contributed by atoms with Gasteiger partial charge in [0.25, 0.3) is 6.43 Å². The van der Waals surface area contributed by atoms with Crippen LogP contribution in [0.1, 0.15) is 30.3 Å². The number of carbonyl (C=O) groups excluding carboxylic acids is 1. The first kappa shape index (κ1) is 15.3. The number of carbonyl (C=O) groups is 1. The second-order valence-corrected chi connectivity index (χ2v) is 3.68. The summed E-state index contributed by atoms with van der Waals surface area (Å²) in [5.74, 6) is -0.562. The summed E-state index contributed by atoms with van der Waals surface area (Å²) in [5.41, 5.74) is 5.55. The Morgan fingerprint density at radius 2 is 2.21 bits per heavy atom. The molecule has 7 heteroatoms. The summed E-state index contributed by atoms with van der Waals surface area (Å²) in [4.78, 5) is 15.1. The van der Waals surface area contributed by atoms with Gasteiger partial charge < -0.3 is 15.2 Å². The molecule has 0 fully saturated rings. The fourth-order valence-corrected chi connectivity index (χ4v) is 1.65. The minimum absolute atomic E-state index is 0.0151. The van der Waals surface area contributed by atoms with Crippen molar-refractivity contribution in [1.82, 2.24) is 4.98 Å². The Labute approximate surface area is 109 Å². The van der Waals surface area contributed by atoms with Crippen molar-refractivity contribution in [3.8, 4) is 5.75 Å². The third kappa shape index (κ3) is 3.85. The van der Waals surface area contributed by atoms with Crippen molar-refractivity contribution >= 4 is 5.97 Å². The normalized spacial score (nSPS) is 10.6. The van der Waals surface area contributed by atoms with Crippen molar-refractivity contribution in [2.75, 3.05) is 13.7 Å². The number of alkyl halides is 2. The number of methoxy groups -OCH3 is 1. The zero-order chi connectivity index (χ0) is 14.4. The summed E-state index contributed by atoms with van der Waals surface area (Å²) in [6.45, 7) is 1.90. The number of hydrogen-bond acceptors (Lipinski definition) is 5. The monoisotopic (exact) mass is 274 g/mol. The standard InChI is InChI=1S/C12H16F2N2O3/c1-3-19-9(17)5-8-4-7(6-15)11(18-2)10(16-8)12(13)14/h4,12H,3,5-6,15H2,1-2H3. The number of hydrogen-bond donors (Lipinski definition) is 1. The van der Waals surface area contributed by atoms with E-state index in [4.69, 9.17) is 15.2 Å². The first-order valence-electron chi connectivity index (χ1n) is 5.73. The molecule has 2 N–H and O–H groups in total. The number of pyridine rings is 1. The Kier molecular flexibility index (Phi) is 5.62. The predicted molar refractivity (Wildman–Crippen MR) is 64.0 cm³/mol. The molecule has 0 radical (unpaired) electrons.